The molecule has 1 aliphatic heterocycles. The molecule has 2 rings (SSSR count). The first-order valence-electron chi connectivity index (χ1n) is 6.56. The lowest BCUT2D eigenvalue weighted by Gasteiger charge is -2.44. The Morgan fingerprint density at radius 2 is 2.00 bits per heavy atom. The molecule has 0 unspecified atom stereocenters. The van der Waals surface area contributed by atoms with Crippen molar-refractivity contribution in [3.05, 3.63) is 0 Å². The van der Waals surface area contributed by atoms with Gasteiger partial charge < -0.3 is 9.64 Å². The molecular formula is C13H24BrNO. The van der Waals surface area contributed by atoms with Crippen molar-refractivity contribution >= 4 is 15.9 Å². The number of rotatable bonds is 5. The summed E-state index contributed by atoms with van der Waals surface area (Å²) in [5.74, 6) is 0.867. The van der Waals surface area contributed by atoms with Gasteiger partial charge in [0.15, 0.2) is 0 Å². The van der Waals surface area contributed by atoms with Gasteiger partial charge in [-0.05, 0) is 44.1 Å². The highest BCUT2D eigenvalue weighted by Crippen LogP contribution is 2.42. The van der Waals surface area contributed by atoms with Gasteiger partial charge in [-0.15, -0.1) is 0 Å². The molecule has 94 valence electrons. The van der Waals surface area contributed by atoms with E-state index in [4.69, 9.17) is 4.74 Å². The lowest BCUT2D eigenvalue weighted by Crippen LogP contribution is -2.43. The van der Waals surface area contributed by atoms with Crippen LogP contribution in [-0.2, 0) is 4.74 Å². The molecule has 2 aliphatic rings. The van der Waals surface area contributed by atoms with E-state index in [1.807, 2.05) is 0 Å². The van der Waals surface area contributed by atoms with Crippen LogP contribution in [0, 0.1) is 11.3 Å². The molecule has 2 nitrogen and oxygen atoms in total. The van der Waals surface area contributed by atoms with Gasteiger partial charge in [-0.25, -0.2) is 0 Å². The Morgan fingerprint density at radius 3 is 2.50 bits per heavy atom. The quantitative estimate of drug-likeness (QED) is 0.722. The maximum Gasteiger partial charge on any atom is 0.0469 e. The van der Waals surface area contributed by atoms with Crippen molar-refractivity contribution in [3.8, 4) is 0 Å². The molecule has 0 aromatic rings. The minimum Gasteiger partial charge on any atom is -0.381 e. The second-order valence-corrected chi connectivity index (χ2v) is 6.30. The zero-order valence-corrected chi connectivity index (χ0v) is 12.0. The molecular weight excluding hydrogens is 266 g/mol. The molecule has 0 radical (unpaired) electrons. The lowest BCUT2D eigenvalue weighted by atomic mass is 9.70. The fraction of sp³-hybridized carbons (Fsp3) is 1.00. The van der Waals surface area contributed by atoms with E-state index >= 15 is 0 Å². The van der Waals surface area contributed by atoms with E-state index in [0.29, 0.717) is 5.41 Å². The summed E-state index contributed by atoms with van der Waals surface area (Å²) in [7, 11) is 2.29. The number of ether oxygens (including phenoxy) is 1. The van der Waals surface area contributed by atoms with Crippen LogP contribution in [0.15, 0.2) is 0 Å². The standard InChI is InChI=1S/C13H24BrNO/c1-15(9-12-3-7-16-8-4-12)11-13(10-14)5-2-6-13/h12H,2-11H2,1H3. The molecule has 0 atom stereocenters. The van der Waals surface area contributed by atoms with E-state index in [-0.39, 0.29) is 0 Å². The normalized spacial score (nSPS) is 25.7. The van der Waals surface area contributed by atoms with Gasteiger partial charge in [0.2, 0.25) is 0 Å². The first-order valence-corrected chi connectivity index (χ1v) is 7.68. The maximum atomic E-state index is 5.41. The minimum atomic E-state index is 0.597. The smallest absolute Gasteiger partial charge is 0.0469 e. The fourth-order valence-corrected chi connectivity index (χ4v) is 3.76. The zero-order valence-electron chi connectivity index (χ0n) is 10.4. The van der Waals surface area contributed by atoms with Crippen LogP contribution in [0.1, 0.15) is 32.1 Å². The van der Waals surface area contributed by atoms with Crippen LogP contribution >= 0.6 is 15.9 Å². The molecule has 1 saturated carbocycles. The highest BCUT2D eigenvalue weighted by atomic mass is 79.9. The van der Waals surface area contributed by atoms with Gasteiger partial charge in [0.25, 0.3) is 0 Å². The third-order valence-electron chi connectivity index (χ3n) is 4.21. The van der Waals surface area contributed by atoms with E-state index < -0.39 is 0 Å². The van der Waals surface area contributed by atoms with Crippen molar-refractivity contribution in [3.63, 3.8) is 0 Å². The third-order valence-corrected chi connectivity index (χ3v) is 5.40. The molecule has 0 N–H and O–H groups in total. The average Bonchev–Trinajstić information content (AvgIpc) is 2.25. The van der Waals surface area contributed by atoms with E-state index in [9.17, 15) is 0 Å². The number of alkyl halides is 1. The van der Waals surface area contributed by atoms with Gasteiger partial charge in [0.05, 0.1) is 0 Å². The summed E-state index contributed by atoms with van der Waals surface area (Å²) in [4.78, 5) is 2.55. The van der Waals surface area contributed by atoms with Gasteiger partial charge in [0, 0.05) is 31.6 Å². The lowest BCUT2D eigenvalue weighted by molar-refractivity contribution is 0.0422. The summed E-state index contributed by atoms with van der Waals surface area (Å²) in [6.07, 6.45) is 6.76. The highest BCUT2D eigenvalue weighted by molar-refractivity contribution is 9.09. The first-order chi connectivity index (χ1) is 7.74. The Hall–Kier alpha value is 0.400. The van der Waals surface area contributed by atoms with Crippen LogP contribution in [0.3, 0.4) is 0 Å². The van der Waals surface area contributed by atoms with E-state index in [0.717, 1.165) is 19.1 Å². The van der Waals surface area contributed by atoms with Crippen LogP contribution in [0.5, 0.6) is 0 Å². The second kappa shape index (κ2) is 5.83. The predicted molar refractivity (Wildman–Crippen MR) is 71.1 cm³/mol. The molecule has 0 spiro atoms. The summed E-state index contributed by atoms with van der Waals surface area (Å²) < 4.78 is 5.41. The summed E-state index contributed by atoms with van der Waals surface area (Å²) in [5.41, 5.74) is 0.597. The molecule has 3 heteroatoms. The van der Waals surface area contributed by atoms with Crippen LogP contribution in [-0.4, -0.2) is 43.6 Å². The molecule has 1 saturated heterocycles. The minimum absolute atomic E-state index is 0.597. The van der Waals surface area contributed by atoms with Crippen molar-refractivity contribution in [1.29, 1.82) is 0 Å². The Bertz CT molecular complexity index is 206. The largest absolute Gasteiger partial charge is 0.381 e. The fourth-order valence-electron chi connectivity index (χ4n) is 3.02. The van der Waals surface area contributed by atoms with Crippen molar-refractivity contribution in [2.75, 3.05) is 38.7 Å². The molecule has 0 aromatic heterocycles. The Labute approximate surface area is 108 Å². The van der Waals surface area contributed by atoms with Crippen LogP contribution in [0.25, 0.3) is 0 Å². The van der Waals surface area contributed by atoms with Crippen molar-refractivity contribution in [2.24, 2.45) is 11.3 Å². The molecule has 2 fully saturated rings. The Morgan fingerprint density at radius 1 is 1.31 bits per heavy atom. The van der Waals surface area contributed by atoms with Crippen molar-refractivity contribution in [1.82, 2.24) is 4.90 Å². The molecule has 16 heavy (non-hydrogen) atoms. The van der Waals surface area contributed by atoms with Gasteiger partial charge >= 0.3 is 0 Å². The van der Waals surface area contributed by atoms with E-state index in [1.165, 1.54) is 50.5 Å². The predicted octanol–water partition coefficient (Wildman–Crippen LogP) is 2.91. The molecule has 0 bridgehead atoms. The topological polar surface area (TPSA) is 12.5 Å². The Kier molecular flexibility index (Phi) is 4.68. The summed E-state index contributed by atoms with van der Waals surface area (Å²) in [6, 6.07) is 0. The molecule has 1 heterocycles. The second-order valence-electron chi connectivity index (χ2n) is 5.74. The van der Waals surface area contributed by atoms with Crippen molar-refractivity contribution in [2.45, 2.75) is 32.1 Å². The zero-order chi connectivity index (χ0) is 11.4. The highest BCUT2D eigenvalue weighted by Gasteiger charge is 2.36. The maximum absolute atomic E-state index is 5.41. The van der Waals surface area contributed by atoms with Gasteiger partial charge in [0.1, 0.15) is 0 Å². The summed E-state index contributed by atoms with van der Waals surface area (Å²) in [6.45, 7) is 4.48. The van der Waals surface area contributed by atoms with E-state index in [1.54, 1.807) is 0 Å². The average molecular weight is 290 g/mol. The van der Waals surface area contributed by atoms with Gasteiger partial charge in [-0.1, -0.05) is 22.4 Å². The molecule has 0 amide bonds. The van der Waals surface area contributed by atoms with Crippen molar-refractivity contribution < 1.29 is 4.74 Å². The van der Waals surface area contributed by atoms with Gasteiger partial charge in [-0.3, -0.25) is 0 Å². The van der Waals surface area contributed by atoms with Crippen LogP contribution in [0.2, 0.25) is 0 Å². The molecule has 0 aromatic carbocycles. The Balaban J connectivity index is 1.72. The van der Waals surface area contributed by atoms with Crippen LogP contribution < -0.4 is 0 Å². The van der Waals surface area contributed by atoms with E-state index in [2.05, 4.69) is 27.9 Å². The number of halogens is 1. The first kappa shape index (κ1) is 12.8. The number of nitrogens with zero attached hydrogens (tertiary/aromatic N) is 1. The number of hydrogen-bond donors (Lipinski definition) is 0. The molecule has 1 aliphatic carbocycles. The monoisotopic (exact) mass is 289 g/mol. The SMILES string of the molecule is CN(CC1CCOCC1)CC1(CBr)CCC1. The van der Waals surface area contributed by atoms with Gasteiger partial charge in [-0.2, -0.15) is 0 Å². The summed E-state index contributed by atoms with van der Waals surface area (Å²) >= 11 is 3.69. The third kappa shape index (κ3) is 3.21. The van der Waals surface area contributed by atoms with Crippen LogP contribution in [0.4, 0.5) is 0 Å². The summed E-state index contributed by atoms with van der Waals surface area (Å²) in [5, 5.41) is 1.18. The number of hydrogen-bond acceptors (Lipinski definition) is 2.